The number of carbonyl (C=O) groups is 1. The van der Waals surface area contributed by atoms with Gasteiger partial charge in [0.2, 0.25) is 5.91 Å². The molecular formula is C16H24N2O3. The van der Waals surface area contributed by atoms with Gasteiger partial charge in [0.25, 0.3) is 0 Å². The molecule has 1 aliphatic rings. The molecule has 0 saturated heterocycles. The van der Waals surface area contributed by atoms with Gasteiger partial charge in [-0.1, -0.05) is 12.1 Å². The summed E-state index contributed by atoms with van der Waals surface area (Å²) in [6.45, 7) is 1.00. The maximum absolute atomic E-state index is 12.2. The fraction of sp³-hybridized carbons (Fsp3) is 0.562. The standard InChI is InChI=1S/C16H24N2O3/c1-18(16(19)12-7-8-13(17)11-12)9-10-21-15-6-4-3-5-14(15)20-2/h3-6,12-13H,7-11,17H2,1-2H3/t12-,13-/m1/s1. The summed E-state index contributed by atoms with van der Waals surface area (Å²) < 4.78 is 10.9. The van der Waals surface area contributed by atoms with Crippen LogP contribution in [0.15, 0.2) is 24.3 Å². The van der Waals surface area contributed by atoms with E-state index >= 15 is 0 Å². The lowest BCUT2D eigenvalue weighted by atomic mass is 10.1. The van der Waals surface area contributed by atoms with E-state index in [9.17, 15) is 4.79 Å². The quantitative estimate of drug-likeness (QED) is 0.866. The Balaban J connectivity index is 1.78. The third kappa shape index (κ3) is 4.11. The van der Waals surface area contributed by atoms with Crippen LogP contribution in [0.25, 0.3) is 0 Å². The summed E-state index contributed by atoms with van der Waals surface area (Å²) in [5.74, 6) is 1.65. The fourth-order valence-corrected chi connectivity index (χ4v) is 2.69. The zero-order chi connectivity index (χ0) is 15.2. The Morgan fingerprint density at radius 2 is 2.05 bits per heavy atom. The Kier molecular flexibility index (Phi) is 5.44. The Morgan fingerprint density at radius 3 is 2.67 bits per heavy atom. The minimum absolute atomic E-state index is 0.0799. The van der Waals surface area contributed by atoms with Crippen LogP contribution in [0, 0.1) is 5.92 Å². The van der Waals surface area contributed by atoms with Gasteiger partial charge in [-0.15, -0.1) is 0 Å². The maximum atomic E-state index is 12.2. The normalized spacial score (nSPS) is 21.1. The van der Waals surface area contributed by atoms with Crippen molar-refractivity contribution in [1.29, 1.82) is 0 Å². The van der Waals surface area contributed by atoms with Gasteiger partial charge in [-0.25, -0.2) is 0 Å². The van der Waals surface area contributed by atoms with Crippen molar-refractivity contribution < 1.29 is 14.3 Å². The van der Waals surface area contributed by atoms with E-state index in [1.807, 2.05) is 31.3 Å². The first-order chi connectivity index (χ1) is 10.1. The van der Waals surface area contributed by atoms with E-state index in [1.54, 1.807) is 12.0 Å². The maximum Gasteiger partial charge on any atom is 0.225 e. The molecule has 0 unspecified atom stereocenters. The van der Waals surface area contributed by atoms with Gasteiger partial charge >= 0.3 is 0 Å². The van der Waals surface area contributed by atoms with Gasteiger partial charge in [0.1, 0.15) is 6.61 Å². The minimum atomic E-state index is 0.0799. The predicted octanol–water partition coefficient (Wildman–Crippen LogP) is 1.66. The van der Waals surface area contributed by atoms with Crippen molar-refractivity contribution in [2.24, 2.45) is 11.7 Å². The Hall–Kier alpha value is -1.75. The number of amides is 1. The molecule has 0 spiro atoms. The SMILES string of the molecule is COc1ccccc1OCCN(C)C(=O)[C@@H]1CC[C@@H](N)C1. The number of methoxy groups -OCH3 is 1. The van der Waals surface area contributed by atoms with Crippen LogP contribution in [0.1, 0.15) is 19.3 Å². The van der Waals surface area contributed by atoms with E-state index in [0.717, 1.165) is 19.3 Å². The summed E-state index contributed by atoms with van der Waals surface area (Å²) in [5, 5.41) is 0. The van der Waals surface area contributed by atoms with Crippen LogP contribution >= 0.6 is 0 Å². The number of hydrogen-bond donors (Lipinski definition) is 1. The first kappa shape index (κ1) is 15.6. The number of carbonyl (C=O) groups excluding carboxylic acids is 1. The number of nitrogens with two attached hydrogens (primary N) is 1. The van der Waals surface area contributed by atoms with E-state index in [-0.39, 0.29) is 17.9 Å². The molecule has 1 aromatic rings. The van der Waals surface area contributed by atoms with Gasteiger partial charge in [0.15, 0.2) is 11.5 Å². The Labute approximate surface area is 126 Å². The first-order valence-corrected chi connectivity index (χ1v) is 7.38. The van der Waals surface area contributed by atoms with E-state index in [4.69, 9.17) is 15.2 Å². The fourth-order valence-electron chi connectivity index (χ4n) is 2.69. The molecule has 2 rings (SSSR count). The molecule has 0 radical (unpaired) electrons. The highest BCUT2D eigenvalue weighted by Gasteiger charge is 2.29. The highest BCUT2D eigenvalue weighted by Crippen LogP contribution is 2.27. The summed E-state index contributed by atoms with van der Waals surface area (Å²) >= 11 is 0. The van der Waals surface area contributed by atoms with Crippen LogP contribution in [-0.4, -0.2) is 44.2 Å². The van der Waals surface area contributed by atoms with Gasteiger partial charge in [0, 0.05) is 19.0 Å². The van der Waals surface area contributed by atoms with Gasteiger partial charge in [-0.3, -0.25) is 4.79 Å². The second-order valence-electron chi connectivity index (χ2n) is 5.53. The van der Waals surface area contributed by atoms with Crippen molar-refractivity contribution in [3.63, 3.8) is 0 Å². The number of rotatable bonds is 6. The lowest BCUT2D eigenvalue weighted by Gasteiger charge is -2.21. The molecular weight excluding hydrogens is 268 g/mol. The molecule has 0 bridgehead atoms. The van der Waals surface area contributed by atoms with Crippen molar-refractivity contribution in [3.8, 4) is 11.5 Å². The number of benzene rings is 1. The van der Waals surface area contributed by atoms with E-state index in [0.29, 0.717) is 24.7 Å². The Bertz CT molecular complexity index is 478. The molecule has 1 saturated carbocycles. The number of likely N-dealkylation sites (N-methyl/N-ethyl adjacent to an activating group) is 1. The Morgan fingerprint density at radius 1 is 1.33 bits per heavy atom. The summed E-state index contributed by atoms with van der Waals surface area (Å²) in [4.78, 5) is 14.0. The average molecular weight is 292 g/mol. The summed E-state index contributed by atoms with van der Waals surface area (Å²) in [6, 6.07) is 7.68. The molecule has 0 heterocycles. The molecule has 1 aromatic carbocycles. The second kappa shape index (κ2) is 7.31. The topological polar surface area (TPSA) is 64.8 Å². The van der Waals surface area contributed by atoms with Crippen molar-refractivity contribution in [2.75, 3.05) is 27.3 Å². The van der Waals surface area contributed by atoms with Crippen LogP contribution in [0.4, 0.5) is 0 Å². The van der Waals surface area contributed by atoms with Crippen LogP contribution < -0.4 is 15.2 Å². The van der Waals surface area contributed by atoms with Crippen molar-refractivity contribution in [2.45, 2.75) is 25.3 Å². The lowest BCUT2D eigenvalue weighted by Crippen LogP contribution is -2.35. The van der Waals surface area contributed by atoms with E-state index < -0.39 is 0 Å². The average Bonchev–Trinajstić information content (AvgIpc) is 2.93. The van der Waals surface area contributed by atoms with Gasteiger partial charge in [-0.05, 0) is 31.4 Å². The molecule has 2 N–H and O–H groups in total. The molecule has 0 aliphatic heterocycles. The number of para-hydroxylation sites is 2. The van der Waals surface area contributed by atoms with E-state index in [2.05, 4.69) is 0 Å². The van der Waals surface area contributed by atoms with Crippen molar-refractivity contribution >= 4 is 5.91 Å². The summed E-state index contributed by atoms with van der Waals surface area (Å²) in [6.07, 6.45) is 2.65. The van der Waals surface area contributed by atoms with Gasteiger partial charge < -0.3 is 20.1 Å². The van der Waals surface area contributed by atoms with Gasteiger partial charge in [0.05, 0.1) is 13.7 Å². The molecule has 0 aromatic heterocycles. The summed E-state index contributed by atoms with van der Waals surface area (Å²) in [5.41, 5.74) is 5.86. The summed E-state index contributed by atoms with van der Waals surface area (Å²) in [7, 11) is 3.43. The van der Waals surface area contributed by atoms with Crippen LogP contribution in [0.5, 0.6) is 11.5 Å². The zero-order valence-corrected chi connectivity index (χ0v) is 12.7. The number of ether oxygens (including phenoxy) is 2. The van der Waals surface area contributed by atoms with Gasteiger partial charge in [-0.2, -0.15) is 0 Å². The minimum Gasteiger partial charge on any atom is -0.493 e. The molecule has 21 heavy (non-hydrogen) atoms. The van der Waals surface area contributed by atoms with Crippen LogP contribution in [0.2, 0.25) is 0 Å². The third-order valence-corrected chi connectivity index (χ3v) is 3.95. The second-order valence-corrected chi connectivity index (χ2v) is 5.53. The number of hydrogen-bond acceptors (Lipinski definition) is 4. The number of nitrogens with zero attached hydrogens (tertiary/aromatic N) is 1. The molecule has 1 amide bonds. The van der Waals surface area contributed by atoms with Crippen LogP contribution in [-0.2, 0) is 4.79 Å². The molecule has 5 nitrogen and oxygen atoms in total. The monoisotopic (exact) mass is 292 g/mol. The van der Waals surface area contributed by atoms with E-state index in [1.165, 1.54) is 0 Å². The van der Waals surface area contributed by atoms with Crippen LogP contribution in [0.3, 0.4) is 0 Å². The third-order valence-electron chi connectivity index (χ3n) is 3.95. The molecule has 1 aliphatic carbocycles. The smallest absolute Gasteiger partial charge is 0.225 e. The molecule has 5 heteroatoms. The van der Waals surface area contributed by atoms with Crippen molar-refractivity contribution in [1.82, 2.24) is 4.90 Å². The van der Waals surface area contributed by atoms with Crippen molar-refractivity contribution in [3.05, 3.63) is 24.3 Å². The highest BCUT2D eigenvalue weighted by molar-refractivity contribution is 5.78. The molecule has 116 valence electrons. The largest absolute Gasteiger partial charge is 0.493 e. The zero-order valence-electron chi connectivity index (χ0n) is 12.7. The predicted molar refractivity (Wildman–Crippen MR) is 81.4 cm³/mol. The molecule has 1 fully saturated rings. The molecule has 2 atom stereocenters. The highest BCUT2D eigenvalue weighted by atomic mass is 16.5. The lowest BCUT2D eigenvalue weighted by molar-refractivity contribution is -0.134. The first-order valence-electron chi connectivity index (χ1n) is 7.38.